The summed E-state index contributed by atoms with van der Waals surface area (Å²) in [6.45, 7) is 0. The largest absolute Gasteiger partial charge is 0.451 e. The lowest BCUT2D eigenvalue weighted by atomic mass is 10.6. The Labute approximate surface area is 79.5 Å². The zero-order valence-corrected chi connectivity index (χ0v) is 7.04. The molecule has 0 amide bonds. The van der Waals surface area contributed by atoms with Gasteiger partial charge in [0.15, 0.2) is 5.52 Å². The van der Waals surface area contributed by atoms with E-state index in [2.05, 4.69) is 15.1 Å². The first-order valence-electron chi connectivity index (χ1n) is 3.70. The number of aromatic amines is 1. The minimum Gasteiger partial charge on any atom is -0.368 e. The molecule has 0 aliphatic heterocycles. The molecule has 0 bridgehead atoms. The first kappa shape index (κ1) is 9.49. The van der Waals surface area contributed by atoms with Crippen molar-refractivity contribution in [3.05, 3.63) is 22.4 Å². The van der Waals surface area contributed by atoms with Gasteiger partial charge in [0.1, 0.15) is 0 Å². The summed E-state index contributed by atoms with van der Waals surface area (Å²) in [6, 6.07) is 0. The van der Waals surface area contributed by atoms with Crippen molar-refractivity contribution in [2.75, 3.05) is 5.73 Å². The molecular weight excluding hydrogens is 215 g/mol. The minimum absolute atomic E-state index is 0.309. The molecule has 0 fully saturated rings. The summed E-state index contributed by atoms with van der Waals surface area (Å²) >= 11 is 0. The number of nitrogen functional groups attached to an aromatic ring is 1. The zero-order chi connectivity index (χ0) is 11.2. The zero-order valence-electron chi connectivity index (χ0n) is 7.04. The van der Waals surface area contributed by atoms with E-state index in [9.17, 15) is 18.0 Å². The SMILES string of the molecule is Nc1nn2c(C(F)(F)F)ncc2c(=O)[nH]1. The van der Waals surface area contributed by atoms with Crippen LogP contribution in [0.4, 0.5) is 19.1 Å². The van der Waals surface area contributed by atoms with Crippen LogP contribution >= 0.6 is 0 Å². The quantitative estimate of drug-likeness (QED) is 0.653. The average Bonchev–Trinajstić information content (AvgIpc) is 2.45. The lowest BCUT2D eigenvalue weighted by Crippen LogP contribution is -2.19. The summed E-state index contributed by atoms with van der Waals surface area (Å²) in [5.41, 5.74) is 4.03. The molecule has 0 aromatic carbocycles. The van der Waals surface area contributed by atoms with Crippen LogP contribution in [0.15, 0.2) is 11.0 Å². The summed E-state index contributed by atoms with van der Waals surface area (Å²) in [7, 11) is 0. The summed E-state index contributed by atoms with van der Waals surface area (Å²) in [6.07, 6.45) is -3.90. The molecule has 2 heterocycles. The first-order chi connectivity index (χ1) is 6.89. The standard InChI is InChI=1S/C6H4F3N5O/c7-6(8,9)4-11-1-2-3(15)12-5(10)13-14(2)4/h1H,(H3,10,12,13,15). The third kappa shape index (κ3) is 1.41. The summed E-state index contributed by atoms with van der Waals surface area (Å²) in [4.78, 5) is 16.3. The number of anilines is 1. The second-order valence-electron chi connectivity index (χ2n) is 2.72. The molecule has 15 heavy (non-hydrogen) atoms. The van der Waals surface area contributed by atoms with Crippen molar-refractivity contribution >= 4 is 11.5 Å². The van der Waals surface area contributed by atoms with E-state index in [1.807, 2.05) is 0 Å². The highest BCUT2D eigenvalue weighted by Crippen LogP contribution is 2.27. The van der Waals surface area contributed by atoms with Crippen molar-refractivity contribution in [2.45, 2.75) is 6.18 Å². The third-order valence-electron chi connectivity index (χ3n) is 1.67. The topological polar surface area (TPSA) is 89.1 Å². The molecule has 0 radical (unpaired) electrons. The fourth-order valence-corrected chi connectivity index (χ4v) is 1.11. The molecule has 0 unspecified atom stereocenters. The molecule has 0 spiro atoms. The molecule has 2 aromatic heterocycles. The van der Waals surface area contributed by atoms with Crippen LogP contribution in [0.1, 0.15) is 5.82 Å². The maximum absolute atomic E-state index is 12.3. The highest BCUT2D eigenvalue weighted by atomic mass is 19.4. The molecule has 6 nitrogen and oxygen atoms in total. The van der Waals surface area contributed by atoms with Crippen LogP contribution in [-0.4, -0.2) is 19.6 Å². The maximum atomic E-state index is 12.3. The number of halogens is 3. The van der Waals surface area contributed by atoms with Crippen LogP contribution in [0.25, 0.3) is 5.52 Å². The van der Waals surface area contributed by atoms with Crippen molar-refractivity contribution < 1.29 is 13.2 Å². The molecule has 2 aromatic rings. The van der Waals surface area contributed by atoms with Crippen molar-refractivity contribution in [1.82, 2.24) is 19.6 Å². The maximum Gasteiger partial charge on any atom is 0.451 e. The van der Waals surface area contributed by atoms with Crippen LogP contribution in [0.3, 0.4) is 0 Å². The van der Waals surface area contributed by atoms with E-state index in [1.54, 1.807) is 0 Å². The molecular formula is C6H4F3N5O. The van der Waals surface area contributed by atoms with E-state index >= 15 is 0 Å². The second-order valence-corrected chi connectivity index (χ2v) is 2.72. The Hall–Kier alpha value is -2.06. The molecule has 2 rings (SSSR count). The van der Waals surface area contributed by atoms with Crippen LogP contribution in [0.2, 0.25) is 0 Å². The van der Waals surface area contributed by atoms with Gasteiger partial charge in [-0.1, -0.05) is 0 Å². The van der Waals surface area contributed by atoms with Gasteiger partial charge < -0.3 is 5.73 Å². The number of hydrogen-bond donors (Lipinski definition) is 2. The fourth-order valence-electron chi connectivity index (χ4n) is 1.11. The Bertz CT molecular complexity index is 568. The molecule has 0 saturated heterocycles. The number of nitrogens with one attached hydrogen (secondary N) is 1. The number of nitrogens with two attached hydrogens (primary N) is 1. The van der Waals surface area contributed by atoms with Gasteiger partial charge >= 0.3 is 6.18 Å². The highest BCUT2D eigenvalue weighted by molar-refractivity contribution is 5.43. The monoisotopic (exact) mass is 219 g/mol. The number of nitrogens with zero attached hydrogens (tertiary/aromatic N) is 3. The van der Waals surface area contributed by atoms with E-state index in [4.69, 9.17) is 5.73 Å². The smallest absolute Gasteiger partial charge is 0.368 e. The number of fused-ring (bicyclic) bond motifs is 1. The number of aromatic nitrogens is 4. The Morgan fingerprint density at radius 1 is 1.47 bits per heavy atom. The first-order valence-corrected chi connectivity index (χ1v) is 3.70. The fraction of sp³-hybridized carbons (Fsp3) is 0.167. The number of rotatable bonds is 0. The molecule has 0 saturated carbocycles. The van der Waals surface area contributed by atoms with Crippen LogP contribution < -0.4 is 11.3 Å². The lowest BCUT2D eigenvalue weighted by molar-refractivity contribution is -0.146. The predicted octanol–water partition coefficient (Wildman–Crippen LogP) is 0.0186. The van der Waals surface area contributed by atoms with Crippen molar-refractivity contribution in [1.29, 1.82) is 0 Å². The predicted molar refractivity (Wildman–Crippen MR) is 43.0 cm³/mol. The number of H-pyrrole nitrogens is 1. The van der Waals surface area contributed by atoms with Crippen molar-refractivity contribution in [2.24, 2.45) is 0 Å². The van der Waals surface area contributed by atoms with E-state index in [1.165, 1.54) is 0 Å². The second kappa shape index (κ2) is 2.72. The Morgan fingerprint density at radius 3 is 2.73 bits per heavy atom. The van der Waals surface area contributed by atoms with Gasteiger partial charge in [0, 0.05) is 0 Å². The Kier molecular flexibility index (Phi) is 1.72. The number of imidazole rings is 1. The van der Waals surface area contributed by atoms with Crippen LogP contribution in [-0.2, 0) is 6.18 Å². The Balaban J connectivity index is 2.86. The molecule has 0 aliphatic carbocycles. The molecule has 80 valence electrons. The molecule has 3 N–H and O–H groups in total. The van der Waals surface area contributed by atoms with Gasteiger partial charge in [-0.15, -0.1) is 5.10 Å². The average molecular weight is 219 g/mol. The summed E-state index contributed by atoms with van der Waals surface area (Å²) in [5.74, 6) is -1.69. The molecule has 9 heteroatoms. The summed E-state index contributed by atoms with van der Waals surface area (Å²) < 4.78 is 37.4. The van der Waals surface area contributed by atoms with Gasteiger partial charge in [-0.05, 0) is 0 Å². The van der Waals surface area contributed by atoms with E-state index < -0.39 is 23.5 Å². The number of alkyl halides is 3. The van der Waals surface area contributed by atoms with Gasteiger partial charge in [0.25, 0.3) is 5.56 Å². The van der Waals surface area contributed by atoms with Crippen molar-refractivity contribution in [3.63, 3.8) is 0 Å². The van der Waals surface area contributed by atoms with Crippen molar-refractivity contribution in [3.8, 4) is 0 Å². The van der Waals surface area contributed by atoms with Gasteiger partial charge in [-0.2, -0.15) is 13.2 Å². The van der Waals surface area contributed by atoms with Gasteiger partial charge in [-0.25, -0.2) is 9.50 Å². The van der Waals surface area contributed by atoms with Gasteiger partial charge in [-0.3, -0.25) is 9.78 Å². The van der Waals surface area contributed by atoms with E-state index in [0.717, 1.165) is 6.20 Å². The highest BCUT2D eigenvalue weighted by Gasteiger charge is 2.37. The van der Waals surface area contributed by atoms with Crippen LogP contribution in [0, 0.1) is 0 Å². The van der Waals surface area contributed by atoms with Gasteiger partial charge in [0.2, 0.25) is 11.8 Å². The van der Waals surface area contributed by atoms with Gasteiger partial charge in [0.05, 0.1) is 6.20 Å². The normalized spacial score (nSPS) is 12.2. The van der Waals surface area contributed by atoms with E-state index in [-0.39, 0.29) is 5.52 Å². The minimum atomic E-state index is -4.68. The lowest BCUT2D eigenvalue weighted by Gasteiger charge is -2.03. The third-order valence-corrected chi connectivity index (χ3v) is 1.67. The van der Waals surface area contributed by atoms with E-state index in [0.29, 0.717) is 4.52 Å². The molecule has 0 aliphatic rings. The number of hydrogen-bond acceptors (Lipinski definition) is 4. The Morgan fingerprint density at radius 2 is 2.13 bits per heavy atom. The van der Waals surface area contributed by atoms with Crippen LogP contribution in [0.5, 0.6) is 0 Å². The summed E-state index contributed by atoms with van der Waals surface area (Å²) in [5, 5.41) is 3.32. The molecule has 0 atom stereocenters.